The molecule has 0 heterocycles. The van der Waals surface area contributed by atoms with Crippen LogP contribution in [0, 0.1) is 11.8 Å². The van der Waals surface area contributed by atoms with E-state index in [1.165, 1.54) is 0 Å². The standard InChI is InChI=1S/C17H33N3O4/c1-8-11(4)13(14(18)21)20-15(22)12(9-10(2)3)19-16(23)24-17(5,6)7/h10-13H,8-9H2,1-7H3,(H2,18,21)(H,19,23)(H,20,22)/t11-,12-,13+/m1/s1. The summed E-state index contributed by atoms with van der Waals surface area (Å²) in [4.78, 5) is 36.1. The van der Waals surface area contributed by atoms with Gasteiger partial charge in [0.25, 0.3) is 0 Å². The fraction of sp³-hybridized carbons (Fsp3) is 0.824. The molecule has 0 aromatic rings. The molecule has 4 N–H and O–H groups in total. The second kappa shape index (κ2) is 9.49. The molecule has 3 atom stereocenters. The fourth-order valence-electron chi connectivity index (χ4n) is 2.14. The average Bonchev–Trinajstić information content (AvgIpc) is 2.39. The van der Waals surface area contributed by atoms with Gasteiger partial charge in [-0.05, 0) is 39.0 Å². The van der Waals surface area contributed by atoms with Gasteiger partial charge < -0.3 is 21.1 Å². The SMILES string of the molecule is CC[C@@H](C)[C@H](NC(=O)[C@@H](CC(C)C)NC(=O)OC(C)(C)C)C(N)=O. The first-order valence-electron chi connectivity index (χ1n) is 8.46. The number of rotatable bonds is 8. The Morgan fingerprint density at radius 1 is 1.08 bits per heavy atom. The molecule has 0 radical (unpaired) electrons. The molecule has 0 aliphatic carbocycles. The summed E-state index contributed by atoms with van der Waals surface area (Å²) >= 11 is 0. The van der Waals surface area contributed by atoms with Crippen LogP contribution in [-0.2, 0) is 14.3 Å². The third-order valence-corrected chi connectivity index (χ3v) is 3.53. The van der Waals surface area contributed by atoms with E-state index >= 15 is 0 Å². The molecule has 0 fully saturated rings. The molecule has 0 saturated heterocycles. The summed E-state index contributed by atoms with van der Waals surface area (Å²) in [5.74, 6) is -0.934. The van der Waals surface area contributed by atoms with E-state index in [0.717, 1.165) is 0 Å². The van der Waals surface area contributed by atoms with E-state index in [1.54, 1.807) is 20.8 Å². The third kappa shape index (κ3) is 8.74. The molecule has 3 amide bonds. The maximum Gasteiger partial charge on any atom is 0.408 e. The molecule has 0 bridgehead atoms. The molecule has 7 heteroatoms. The highest BCUT2D eigenvalue weighted by Crippen LogP contribution is 2.12. The summed E-state index contributed by atoms with van der Waals surface area (Å²) < 4.78 is 5.20. The monoisotopic (exact) mass is 343 g/mol. The number of alkyl carbamates (subject to hydrolysis) is 1. The van der Waals surface area contributed by atoms with Gasteiger partial charge in [0, 0.05) is 0 Å². The van der Waals surface area contributed by atoms with Crippen LogP contribution in [0.2, 0.25) is 0 Å². The van der Waals surface area contributed by atoms with E-state index in [2.05, 4.69) is 10.6 Å². The molecule has 140 valence electrons. The largest absolute Gasteiger partial charge is 0.444 e. The molecule has 7 nitrogen and oxygen atoms in total. The average molecular weight is 343 g/mol. The van der Waals surface area contributed by atoms with Gasteiger partial charge in [-0.15, -0.1) is 0 Å². The van der Waals surface area contributed by atoms with Crippen LogP contribution in [0.1, 0.15) is 61.3 Å². The van der Waals surface area contributed by atoms with Crippen molar-refractivity contribution in [2.75, 3.05) is 0 Å². The number of primary amides is 1. The lowest BCUT2D eigenvalue weighted by Gasteiger charge is -2.27. The number of nitrogens with two attached hydrogens (primary N) is 1. The minimum atomic E-state index is -0.786. The Morgan fingerprint density at radius 3 is 2.00 bits per heavy atom. The van der Waals surface area contributed by atoms with Crippen LogP contribution in [0.4, 0.5) is 4.79 Å². The molecule has 0 rings (SSSR count). The molecular weight excluding hydrogens is 310 g/mol. The van der Waals surface area contributed by atoms with E-state index in [1.807, 2.05) is 27.7 Å². The maximum atomic E-state index is 12.5. The number of amides is 3. The Balaban J connectivity index is 5.05. The number of carbonyl (C=O) groups excluding carboxylic acids is 3. The second-order valence-corrected chi connectivity index (χ2v) is 7.60. The van der Waals surface area contributed by atoms with Crippen molar-refractivity contribution in [3.63, 3.8) is 0 Å². The first-order chi connectivity index (χ1) is 10.9. The summed E-state index contributed by atoms with van der Waals surface area (Å²) in [5.41, 5.74) is 4.72. The Kier molecular flexibility index (Phi) is 8.78. The first-order valence-corrected chi connectivity index (χ1v) is 8.46. The van der Waals surface area contributed by atoms with E-state index in [4.69, 9.17) is 10.5 Å². The lowest BCUT2D eigenvalue weighted by Crippen LogP contribution is -2.55. The summed E-state index contributed by atoms with van der Waals surface area (Å²) in [6.07, 6.45) is 0.460. The smallest absolute Gasteiger partial charge is 0.408 e. The molecule has 0 aromatic carbocycles. The van der Waals surface area contributed by atoms with Crippen LogP contribution in [0.3, 0.4) is 0 Å². The van der Waals surface area contributed by atoms with Gasteiger partial charge in [0.2, 0.25) is 11.8 Å². The zero-order chi connectivity index (χ0) is 19.1. The summed E-state index contributed by atoms with van der Waals surface area (Å²) in [6, 6.07) is -1.55. The van der Waals surface area contributed by atoms with Crippen molar-refractivity contribution in [3.8, 4) is 0 Å². The van der Waals surface area contributed by atoms with E-state index < -0.39 is 35.6 Å². The van der Waals surface area contributed by atoms with E-state index in [9.17, 15) is 14.4 Å². The van der Waals surface area contributed by atoms with Gasteiger partial charge in [-0.2, -0.15) is 0 Å². The Bertz CT molecular complexity index is 444. The number of ether oxygens (including phenoxy) is 1. The summed E-state index contributed by atoms with van der Waals surface area (Å²) in [6.45, 7) is 12.9. The predicted molar refractivity (Wildman–Crippen MR) is 93.2 cm³/mol. The van der Waals surface area contributed by atoms with Gasteiger partial charge in [-0.3, -0.25) is 9.59 Å². The number of hydrogen-bond donors (Lipinski definition) is 3. The minimum Gasteiger partial charge on any atom is -0.444 e. The third-order valence-electron chi connectivity index (χ3n) is 3.53. The maximum absolute atomic E-state index is 12.5. The molecule has 24 heavy (non-hydrogen) atoms. The second-order valence-electron chi connectivity index (χ2n) is 7.60. The molecule has 0 aliphatic rings. The Labute approximate surface area is 145 Å². The molecule has 0 spiro atoms. The molecular formula is C17H33N3O4. The zero-order valence-corrected chi connectivity index (χ0v) is 15.9. The topological polar surface area (TPSA) is 111 Å². The van der Waals surface area contributed by atoms with Crippen molar-refractivity contribution in [3.05, 3.63) is 0 Å². The van der Waals surface area contributed by atoms with Crippen molar-refractivity contribution in [2.24, 2.45) is 17.6 Å². The van der Waals surface area contributed by atoms with Crippen molar-refractivity contribution in [2.45, 2.75) is 79.0 Å². The van der Waals surface area contributed by atoms with Crippen molar-refractivity contribution >= 4 is 17.9 Å². The normalized spacial score (nSPS) is 15.3. The van der Waals surface area contributed by atoms with Gasteiger partial charge in [0.1, 0.15) is 17.7 Å². The predicted octanol–water partition coefficient (Wildman–Crippen LogP) is 1.94. The number of hydrogen-bond acceptors (Lipinski definition) is 4. The van der Waals surface area contributed by atoms with Gasteiger partial charge in [-0.1, -0.05) is 34.1 Å². The van der Waals surface area contributed by atoms with Crippen LogP contribution in [-0.4, -0.2) is 35.6 Å². The lowest BCUT2D eigenvalue weighted by molar-refractivity contribution is -0.129. The molecule has 0 aliphatic heterocycles. The van der Waals surface area contributed by atoms with Crippen LogP contribution in [0.25, 0.3) is 0 Å². The van der Waals surface area contributed by atoms with Crippen LogP contribution in [0.15, 0.2) is 0 Å². The molecule has 0 unspecified atom stereocenters. The minimum absolute atomic E-state index is 0.0901. The Hall–Kier alpha value is -1.79. The van der Waals surface area contributed by atoms with Gasteiger partial charge in [0.05, 0.1) is 0 Å². The fourth-order valence-corrected chi connectivity index (χ4v) is 2.14. The quantitative estimate of drug-likeness (QED) is 0.625. The van der Waals surface area contributed by atoms with Crippen molar-refractivity contribution in [1.29, 1.82) is 0 Å². The van der Waals surface area contributed by atoms with E-state index in [0.29, 0.717) is 12.8 Å². The van der Waals surface area contributed by atoms with Gasteiger partial charge in [0.15, 0.2) is 0 Å². The molecule has 0 aromatic heterocycles. The zero-order valence-electron chi connectivity index (χ0n) is 15.9. The highest BCUT2D eigenvalue weighted by atomic mass is 16.6. The highest BCUT2D eigenvalue weighted by molar-refractivity contribution is 5.90. The van der Waals surface area contributed by atoms with Gasteiger partial charge in [-0.25, -0.2) is 4.79 Å². The number of nitrogens with one attached hydrogen (secondary N) is 2. The lowest BCUT2D eigenvalue weighted by atomic mass is 9.97. The van der Waals surface area contributed by atoms with Crippen LogP contribution in [0.5, 0.6) is 0 Å². The van der Waals surface area contributed by atoms with Crippen LogP contribution < -0.4 is 16.4 Å². The van der Waals surface area contributed by atoms with Gasteiger partial charge >= 0.3 is 6.09 Å². The Morgan fingerprint density at radius 2 is 1.62 bits per heavy atom. The number of carbonyl (C=O) groups is 3. The summed E-state index contributed by atoms with van der Waals surface area (Å²) in [5, 5.41) is 5.24. The molecule has 0 saturated carbocycles. The first kappa shape index (κ1) is 22.2. The van der Waals surface area contributed by atoms with Crippen molar-refractivity contribution in [1.82, 2.24) is 10.6 Å². The van der Waals surface area contributed by atoms with Crippen molar-refractivity contribution < 1.29 is 19.1 Å². The van der Waals surface area contributed by atoms with Crippen LogP contribution >= 0.6 is 0 Å². The summed E-state index contributed by atoms with van der Waals surface area (Å²) in [7, 11) is 0. The van der Waals surface area contributed by atoms with E-state index in [-0.39, 0.29) is 11.8 Å². The highest BCUT2D eigenvalue weighted by Gasteiger charge is 2.30.